The number of hydrogen-bond donors (Lipinski definition) is 2. The first-order chi connectivity index (χ1) is 8.56. The van der Waals surface area contributed by atoms with Crippen LogP contribution < -0.4 is 10.6 Å². The standard InChI is InChI=1S/C13H15N3O2/c1-3-12(17)9(2)15-13(18)16-11-6-4-10(8-14)5-7-11/h4-7,9H,3H2,1-2H3,(H2,15,16,18). The maximum Gasteiger partial charge on any atom is 0.319 e. The fraction of sp³-hybridized carbons (Fsp3) is 0.308. The van der Waals surface area contributed by atoms with E-state index in [0.717, 1.165) is 0 Å². The second kappa shape index (κ2) is 6.40. The van der Waals surface area contributed by atoms with Gasteiger partial charge in [-0.05, 0) is 31.2 Å². The molecule has 5 heteroatoms. The van der Waals surface area contributed by atoms with Crippen LogP contribution in [0.2, 0.25) is 0 Å². The number of carbonyl (C=O) groups excluding carboxylic acids is 2. The molecule has 1 aromatic rings. The van der Waals surface area contributed by atoms with Gasteiger partial charge in [0, 0.05) is 12.1 Å². The Labute approximate surface area is 106 Å². The highest BCUT2D eigenvalue weighted by molar-refractivity contribution is 5.94. The summed E-state index contributed by atoms with van der Waals surface area (Å²) in [5.74, 6) is -0.0232. The number of hydrogen-bond acceptors (Lipinski definition) is 3. The highest BCUT2D eigenvalue weighted by Gasteiger charge is 2.13. The molecule has 0 aliphatic carbocycles. The summed E-state index contributed by atoms with van der Waals surface area (Å²) in [5, 5.41) is 13.8. The van der Waals surface area contributed by atoms with E-state index >= 15 is 0 Å². The van der Waals surface area contributed by atoms with Crippen molar-refractivity contribution in [2.45, 2.75) is 26.3 Å². The quantitative estimate of drug-likeness (QED) is 0.851. The highest BCUT2D eigenvalue weighted by atomic mass is 16.2. The van der Waals surface area contributed by atoms with Gasteiger partial charge in [0.2, 0.25) is 0 Å². The SMILES string of the molecule is CCC(=O)C(C)NC(=O)Nc1ccc(C#N)cc1. The lowest BCUT2D eigenvalue weighted by Gasteiger charge is -2.12. The summed E-state index contributed by atoms with van der Waals surface area (Å²) in [6, 6.07) is 7.52. The van der Waals surface area contributed by atoms with Gasteiger partial charge in [0.05, 0.1) is 17.7 Å². The van der Waals surface area contributed by atoms with Gasteiger partial charge in [-0.2, -0.15) is 5.26 Å². The molecule has 0 saturated heterocycles. The number of amides is 2. The van der Waals surface area contributed by atoms with Crippen LogP contribution in [0.3, 0.4) is 0 Å². The molecule has 1 atom stereocenters. The summed E-state index contributed by atoms with van der Waals surface area (Å²) in [6.45, 7) is 3.39. The van der Waals surface area contributed by atoms with E-state index < -0.39 is 12.1 Å². The number of anilines is 1. The maximum atomic E-state index is 11.6. The van der Waals surface area contributed by atoms with E-state index in [-0.39, 0.29) is 5.78 Å². The zero-order valence-corrected chi connectivity index (χ0v) is 10.4. The highest BCUT2D eigenvalue weighted by Crippen LogP contribution is 2.08. The van der Waals surface area contributed by atoms with Crippen molar-refractivity contribution in [3.05, 3.63) is 29.8 Å². The zero-order chi connectivity index (χ0) is 13.5. The molecule has 0 bridgehead atoms. The lowest BCUT2D eigenvalue weighted by Crippen LogP contribution is -2.40. The first kappa shape index (κ1) is 13.7. The van der Waals surface area contributed by atoms with Crippen LogP contribution in [0, 0.1) is 11.3 Å². The number of rotatable bonds is 4. The van der Waals surface area contributed by atoms with Gasteiger partial charge in [-0.15, -0.1) is 0 Å². The Morgan fingerprint density at radius 1 is 1.33 bits per heavy atom. The molecule has 0 heterocycles. The molecule has 2 amide bonds. The van der Waals surface area contributed by atoms with Crippen LogP contribution >= 0.6 is 0 Å². The van der Waals surface area contributed by atoms with Crippen molar-refractivity contribution in [3.63, 3.8) is 0 Å². The number of nitrogens with one attached hydrogen (secondary N) is 2. The Morgan fingerprint density at radius 3 is 2.44 bits per heavy atom. The van der Waals surface area contributed by atoms with E-state index in [4.69, 9.17) is 5.26 Å². The van der Waals surface area contributed by atoms with Gasteiger partial charge < -0.3 is 10.6 Å². The minimum absolute atomic E-state index is 0.0232. The van der Waals surface area contributed by atoms with Gasteiger partial charge in [0.1, 0.15) is 0 Å². The van der Waals surface area contributed by atoms with Crippen LogP contribution in [0.5, 0.6) is 0 Å². The molecule has 0 spiro atoms. The van der Waals surface area contributed by atoms with Crippen molar-refractivity contribution >= 4 is 17.5 Å². The second-order valence-corrected chi connectivity index (χ2v) is 3.83. The molecule has 0 saturated carbocycles. The molecule has 1 unspecified atom stereocenters. The summed E-state index contributed by atoms with van der Waals surface area (Å²) < 4.78 is 0. The maximum absolute atomic E-state index is 11.6. The topological polar surface area (TPSA) is 82.0 Å². The molecule has 94 valence electrons. The molecular formula is C13H15N3O2. The number of benzene rings is 1. The summed E-state index contributed by atoms with van der Waals surface area (Å²) in [4.78, 5) is 22.9. The van der Waals surface area contributed by atoms with Gasteiger partial charge in [-0.25, -0.2) is 4.79 Å². The van der Waals surface area contributed by atoms with Crippen LogP contribution in [-0.4, -0.2) is 17.9 Å². The second-order valence-electron chi connectivity index (χ2n) is 3.83. The van der Waals surface area contributed by atoms with Gasteiger partial charge in [0.15, 0.2) is 5.78 Å². The molecule has 2 N–H and O–H groups in total. The van der Waals surface area contributed by atoms with E-state index in [9.17, 15) is 9.59 Å². The van der Waals surface area contributed by atoms with Crippen LogP contribution in [0.1, 0.15) is 25.8 Å². The Balaban J connectivity index is 2.54. The van der Waals surface area contributed by atoms with Crippen molar-refractivity contribution in [2.75, 3.05) is 5.32 Å². The van der Waals surface area contributed by atoms with Crippen molar-refractivity contribution < 1.29 is 9.59 Å². The molecule has 1 rings (SSSR count). The minimum atomic E-state index is -0.506. The number of ketones is 1. The Kier molecular flexibility index (Phi) is 4.88. The van der Waals surface area contributed by atoms with Crippen molar-refractivity contribution in [2.24, 2.45) is 0 Å². The van der Waals surface area contributed by atoms with Gasteiger partial charge >= 0.3 is 6.03 Å². The van der Waals surface area contributed by atoms with Crippen molar-refractivity contribution in [1.29, 1.82) is 5.26 Å². The molecule has 0 aromatic heterocycles. The first-order valence-corrected chi connectivity index (χ1v) is 5.67. The fourth-order valence-electron chi connectivity index (χ4n) is 1.38. The molecule has 0 fully saturated rings. The predicted octanol–water partition coefficient (Wildman–Crippen LogP) is 2.05. The number of nitrogens with zero attached hydrogens (tertiary/aromatic N) is 1. The average molecular weight is 245 g/mol. The monoisotopic (exact) mass is 245 g/mol. The van der Waals surface area contributed by atoms with Gasteiger partial charge in [-0.1, -0.05) is 6.92 Å². The zero-order valence-electron chi connectivity index (χ0n) is 10.4. The first-order valence-electron chi connectivity index (χ1n) is 5.67. The van der Waals surface area contributed by atoms with E-state index in [1.807, 2.05) is 6.07 Å². The number of Topliss-reactive ketones (excluding diaryl/α,β-unsaturated/α-hetero) is 1. The summed E-state index contributed by atoms with van der Waals surface area (Å²) >= 11 is 0. The molecule has 0 radical (unpaired) electrons. The van der Waals surface area contributed by atoms with Crippen LogP contribution in [0.4, 0.5) is 10.5 Å². The Morgan fingerprint density at radius 2 is 1.94 bits per heavy atom. The summed E-state index contributed by atoms with van der Waals surface area (Å²) in [5.41, 5.74) is 1.10. The summed E-state index contributed by atoms with van der Waals surface area (Å²) in [6.07, 6.45) is 0.387. The third kappa shape index (κ3) is 3.91. The van der Waals surface area contributed by atoms with Gasteiger partial charge in [-0.3, -0.25) is 4.79 Å². The lowest BCUT2D eigenvalue weighted by atomic mass is 10.2. The normalized spacial score (nSPS) is 11.2. The smallest absolute Gasteiger partial charge is 0.319 e. The van der Waals surface area contributed by atoms with Crippen LogP contribution in [0.25, 0.3) is 0 Å². The van der Waals surface area contributed by atoms with Gasteiger partial charge in [0.25, 0.3) is 0 Å². The number of urea groups is 1. The Bertz CT molecular complexity index is 474. The molecular weight excluding hydrogens is 230 g/mol. The van der Waals surface area contributed by atoms with Crippen molar-refractivity contribution in [1.82, 2.24) is 5.32 Å². The summed E-state index contributed by atoms with van der Waals surface area (Å²) in [7, 11) is 0. The van der Waals surface area contributed by atoms with E-state index in [0.29, 0.717) is 17.7 Å². The minimum Gasteiger partial charge on any atom is -0.328 e. The van der Waals surface area contributed by atoms with Crippen molar-refractivity contribution in [3.8, 4) is 6.07 Å². The van der Waals surface area contributed by atoms with E-state index in [1.54, 1.807) is 38.1 Å². The molecule has 1 aromatic carbocycles. The average Bonchev–Trinajstić information content (AvgIpc) is 2.38. The van der Waals surface area contributed by atoms with Crippen LogP contribution in [0.15, 0.2) is 24.3 Å². The van der Waals surface area contributed by atoms with Crippen LogP contribution in [-0.2, 0) is 4.79 Å². The van der Waals surface area contributed by atoms with E-state index in [1.165, 1.54) is 0 Å². The molecule has 18 heavy (non-hydrogen) atoms. The predicted molar refractivity (Wildman–Crippen MR) is 68.1 cm³/mol. The van der Waals surface area contributed by atoms with E-state index in [2.05, 4.69) is 10.6 Å². The number of carbonyl (C=O) groups is 2. The lowest BCUT2D eigenvalue weighted by molar-refractivity contribution is -0.120. The molecule has 0 aliphatic rings. The Hall–Kier alpha value is -2.35. The number of nitriles is 1. The molecule has 0 aliphatic heterocycles. The third-order valence-electron chi connectivity index (χ3n) is 2.45. The largest absolute Gasteiger partial charge is 0.328 e. The third-order valence-corrected chi connectivity index (χ3v) is 2.45. The fourth-order valence-corrected chi connectivity index (χ4v) is 1.38. The molecule has 5 nitrogen and oxygen atoms in total.